The first-order valence-electron chi connectivity index (χ1n) is 3.52. The zero-order valence-electron chi connectivity index (χ0n) is 6.31. The van der Waals surface area contributed by atoms with E-state index in [2.05, 4.69) is 28.9 Å². The smallest absolute Gasteiger partial charge is 0.0960 e. The van der Waals surface area contributed by atoms with Crippen LogP contribution in [0.4, 0.5) is 0 Å². The summed E-state index contributed by atoms with van der Waals surface area (Å²) < 4.78 is 0.942. The molecule has 0 nitrogen and oxygen atoms in total. The van der Waals surface area contributed by atoms with Gasteiger partial charge in [0.05, 0.1) is 4.34 Å². The van der Waals surface area contributed by atoms with Gasteiger partial charge in [-0.1, -0.05) is 34.5 Å². The molecule has 0 saturated carbocycles. The van der Waals surface area contributed by atoms with Crippen molar-refractivity contribution < 1.29 is 0 Å². The summed E-state index contributed by atoms with van der Waals surface area (Å²) in [6.07, 6.45) is 1.08. The maximum absolute atomic E-state index is 5.94. The summed E-state index contributed by atoms with van der Waals surface area (Å²) in [5.74, 6) is 0.669. The van der Waals surface area contributed by atoms with Crippen molar-refractivity contribution in [1.29, 1.82) is 0 Å². The minimum atomic E-state index is 0.669. The molecule has 1 aromatic rings. The van der Waals surface area contributed by atoms with Crippen LogP contribution in [0.1, 0.15) is 12.5 Å². The van der Waals surface area contributed by atoms with Crippen molar-refractivity contribution in [3.05, 3.63) is 21.3 Å². The van der Waals surface area contributed by atoms with Crippen molar-refractivity contribution in [1.82, 2.24) is 0 Å². The van der Waals surface area contributed by atoms with Gasteiger partial charge < -0.3 is 0 Å². The molecule has 1 aromatic heterocycles. The number of rotatable bonds is 3. The molecule has 0 amide bonds. The predicted octanol–water partition coefficient (Wildman–Crippen LogP) is 3.98. The first-order valence-corrected chi connectivity index (χ1v) is 5.89. The fraction of sp³-hybridized carbons (Fsp3) is 0.500. The van der Waals surface area contributed by atoms with Crippen molar-refractivity contribution in [3.63, 3.8) is 0 Å². The van der Waals surface area contributed by atoms with Crippen LogP contribution in [-0.2, 0) is 6.42 Å². The predicted molar refractivity (Wildman–Crippen MR) is 56.0 cm³/mol. The lowest BCUT2D eigenvalue weighted by molar-refractivity contribution is 0.665. The zero-order chi connectivity index (χ0) is 8.27. The Morgan fingerprint density at radius 1 is 1.73 bits per heavy atom. The number of hydrogen-bond donors (Lipinski definition) is 0. The molecule has 1 atom stereocenters. The lowest BCUT2D eigenvalue weighted by Crippen LogP contribution is -1.99. The van der Waals surface area contributed by atoms with Gasteiger partial charge in [0.15, 0.2) is 0 Å². The van der Waals surface area contributed by atoms with Crippen molar-refractivity contribution >= 4 is 38.9 Å². The van der Waals surface area contributed by atoms with Crippen molar-refractivity contribution in [2.45, 2.75) is 13.3 Å². The molecular weight excluding hydrogens is 244 g/mol. The topological polar surface area (TPSA) is 0 Å². The molecule has 0 aliphatic heterocycles. The van der Waals surface area contributed by atoms with E-state index in [-0.39, 0.29) is 0 Å². The number of alkyl halides is 1. The third-order valence-corrected chi connectivity index (χ3v) is 3.88. The fourth-order valence-electron chi connectivity index (χ4n) is 0.895. The molecule has 0 aromatic carbocycles. The lowest BCUT2D eigenvalue weighted by atomic mass is 10.1. The van der Waals surface area contributed by atoms with Crippen LogP contribution in [0.2, 0.25) is 4.34 Å². The van der Waals surface area contributed by atoms with Gasteiger partial charge in [-0.3, -0.25) is 0 Å². The molecule has 0 aliphatic carbocycles. The van der Waals surface area contributed by atoms with E-state index in [0.717, 1.165) is 16.1 Å². The van der Waals surface area contributed by atoms with Crippen LogP contribution in [0.5, 0.6) is 0 Å². The van der Waals surface area contributed by atoms with E-state index >= 15 is 0 Å². The first-order chi connectivity index (χ1) is 5.24. The van der Waals surface area contributed by atoms with Crippen LogP contribution in [0, 0.1) is 5.92 Å². The Bertz CT molecular complexity index is 222. The van der Waals surface area contributed by atoms with Crippen LogP contribution in [-0.4, -0.2) is 5.33 Å². The maximum Gasteiger partial charge on any atom is 0.0960 e. The molecule has 11 heavy (non-hydrogen) atoms. The van der Waals surface area contributed by atoms with Crippen molar-refractivity contribution in [2.75, 3.05) is 5.33 Å². The summed E-state index contributed by atoms with van der Waals surface area (Å²) in [7, 11) is 0. The zero-order valence-corrected chi connectivity index (χ0v) is 9.47. The van der Waals surface area contributed by atoms with Gasteiger partial charge in [-0.25, -0.2) is 0 Å². The van der Waals surface area contributed by atoms with Crippen LogP contribution < -0.4 is 0 Å². The molecular formula is C8H10BrClS. The molecule has 1 heterocycles. The van der Waals surface area contributed by atoms with Crippen LogP contribution in [0.25, 0.3) is 0 Å². The average molecular weight is 254 g/mol. The molecule has 0 N–H and O–H groups in total. The second-order valence-electron chi connectivity index (χ2n) is 2.68. The van der Waals surface area contributed by atoms with Crippen molar-refractivity contribution in [2.24, 2.45) is 5.92 Å². The van der Waals surface area contributed by atoms with Gasteiger partial charge in [-0.05, 0) is 29.3 Å². The molecule has 0 radical (unpaired) electrons. The highest BCUT2D eigenvalue weighted by Crippen LogP contribution is 2.25. The molecule has 0 bridgehead atoms. The lowest BCUT2D eigenvalue weighted by Gasteiger charge is -2.04. The third kappa shape index (κ3) is 2.77. The molecule has 0 spiro atoms. The molecule has 0 fully saturated rings. The maximum atomic E-state index is 5.94. The SMILES string of the molecule is CC(CBr)Cc1ccsc1Cl. The molecule has 1 rings (SSSR count). The number of halogens is 2. The minimum absolute atomic E-state index is 0.669. The Balaban J connectivity index is 2.56. The van der Waals surface area contributed by atoms with E-state index in [1.54, 1.807) is 11.3 Å². The average Bonchev–Trinajstić information content (AvgIpc) is 2.37. The fourth-order valence-corrected chi connectivity index (χ4v) is 2.07. The quantitative estimate of drug-likeness (QED) is 0.715. The minimum Gasteiger partial charge on any atom is -0.132 e. The second kappa shape index (κ2) is 4.48. The summed E-state index contributed by atoms with van der Waals surface area (Å²) in [5, 5.41) is 3.08. The monoisotopic (exact) mass is 252 g/mol. The highest BCUT2D eigenvalue weighted by atomic mass is 79.9. The van der Waals surface area contributed by atoms with Crippen LogP contribution in [0.3, 0.4) is 0 Å². The van der Waals surface area contributed by atoms with Gasteiger partial charge in [-0.2, -0.15) is 0 Å². The summed E-state index contributed by atoms with van der Waals surface area (Å²) in [6, 6.07) is 2.10. The van der Waals surface area contributed by atoms with Gasteiger partial charge >= 0.3 is 0 Å². The molecule has 62 valence electrons. The summed E-state index contributed by atoms with van der Waals surface area (Å²) >= 11 is 11.0. The van der Waals surface area contributed by atoms with E-state index < -0.39 is 0 Å². The van der Waals surface area contributed by atoms with E-state index in [1.165, 1.54) is 5.56 Å². The van der Waals surface area contributed by atoms with Crippen molar-refractivity contribution in [3.8, 4) is 0 Å². The standard InChI is InChI=1S/C8H10BrClS/c1-6(5-9)4-7-2-3-11-8(7)10/h2-3,6H,4-5H2,1H3. The van der Waals surface area contributed by atoms with E-state index in [1.807, 2.05) is 5.38 Å². The largest absolute Gasteiger partial charge is 0.132 e. The van der Waals surface area contributed by atoms with Crippen LogP contribution >= 0.6 is 38.9 Å². The normalized spacial score (nSPS) is 13.4. The summed E-state index contributed by atoms with van der Waals surface area (Å²) in [4.78, 5) is 0. The van der Waals surface area contributed by atoms with E-state index in [9.17, 15) is 0 Å². The summed E-state index contributed by atoms with van der Waals surface area (Å²) in [5.41, 5.74) is 1.28. The third-order valence-electron chi connectivity index (χ3n) is 1.52. The number of hydrogen-bond acceptors (Lipinski definition) is 1. The van der Waals surface area contributed by atoms with Crippen LogP contribution in [0.15, 0.2) is 11.4 Å². The van der Waals surface area contributed by atoms with E-state index in [4.69, 9.17) is 11.6 Å². The Kier molecular flexibility index (Phi) is 3.90. The van der Waals surface area contributed by atoms with Gasteiger partial charge in [0.2, 0.25) is 0 Å². The summed E-state index contributed by atoms with van der Waals surface area (Å²) in [6.45, 7) is 2.21. The second-order valence-corrected chi connectivity index (χ2v) is 4.85. The highest BCUT2D eigenvalue weighted by molar-refractivity contribution is 9.09. The molecule has 0 aliphatic rings. The van der Waals surface area contributed by atoms with Gasteiger partial charge in [-0.15, -0.1) is 11.3 Å². The highest BCUT2D eigenvalue weighted by Gasteiger charge is 2.05. The Labute approximate surface area is 84.7 Å². The Morgan fingerprint density at radius 2 is 2.45 bits per heavy atom. The van der Waals surface area contributed by atoms with Gasteiger partial charge in [0, 0.05) is 5.33 Å². The molecule has 3 heteroatoms. The van der Waals surface area contributed by atoms with Gasteiger partial charge in [0.25, 0.3) is 0 Å². The Hall–Kier alpha value is 0.470. The first kappa shape index (κ1) is 9.56. The molecule has 0 saturated heterocycles. The van der Waals surface area contributed by atoms with E-state index in [0.29, 0.717) is 5.92 Å². The molecule has 1 unspecified atom stereocenters. The number of thiophene rings is 1. The van der Waals surface area contributed by atoms with Gasteiger partial charge in [0.1, 0.15) is 0 Å². The Morgan fingerprint density at radius 3 is 2.91 bits per heavy atom.